The van der Waals surface area contributed by atoms with Crippen LogP contribution in [0.25, 0.3) is 0 Å². The minimum absolute atomic E-state index is 0.00222. The number of rotatable bonds is 7. The van der Waals surface area contributed by atoms with E-state index in [1.54, 1.807) is 0 Å². The summed E-state index contributed by atoms with van der Waals surface area (Å²) in [5.74, 6) is -8.36. The van der Waals surface area contributed by atoms with E-state index in [0.29, 0.717) is 0 Å². The first kappa shape index (κ1) is 30.4. The van der Waals surface area contributed by atoms with E-state index in [-0.39, 0.29) is 22.1 Å². The average molecular weight is 462 g/mol. The number of hydrogen-bond donors (Lipinski definition) is 2. The maximum atomic E-state index is 12.5. The summed E-state index contributed by atoms with van der Waals surface area (Å²) in [6.45, 7) is 9.04. The van der Waals surface area contributed by atoms with Crippen LogP contribution in [0.2, 0.25) is 0 Å². The van der Waals surface area contributed by atoms with Gasteiger partial charge in [-0.25, -0.2) is 18.8 Å². The molecule has 0 aliphatic heterocycles. The monoisotopic (exact) mass is 462 g/mol. The molecule has 2 N–H and O–H groups in total. The molecule has 178 valence electrons. The summed E-state index contributed by atoms with van der Waals surface area (Å²) < 4.78 is 75.9. The van der Waals surface area contributed by atoms with Crippen LogP contribution in [0.15, 0.2) is 35.5 Å². The van der Waals surface area contributed by atoms with Gasteiger partial charge in [0.25, 0.3) is 6.17 Å². The number of ether oxygens (including phenoxy) is 1. The maximum Gasteiger partial charge on any atom is 0.425 e. The Morgan fingerprint density at radius 2 is 1.45 bits per heavy atom. The Bertz CT molecular complexity index is 744. The van der Waals surface area contributed by atoms with Crippen LogP contribution in [-0.4, -0.2) is 53.0 Å². The first-order chi connectivity index (χ1) is 13.6. The van der Waals surface area contributed by atoms with Gasteiger partial charge >= 0.3 is 30.0 Å². The van der Waals surface area contributed by atoms with Crippen LogP contribution >= 0.6 is 0 Å². The molecule has 0 bridgehead atoms. The lowest BCUT2D eigenvalue weighted by atomic mass is 9.93. The van der Waals surface area contributed by atoms with Crippen molar-refractivity contribution in [3.05, 3.63) is 35.5 Å². The standard InChI is InChI=1S/C11H16O4.C8H8F6O2/c1-7(9(12)13)5-8(10(14)15)6-11(2,3)4;1-4(2)5(15)16-3-7(10,11)6(9)8(12,13)14/h5-6H,1-4H3,(H,12,13)(H,14,15);6H,1,3H2,2H3. The molecule has 6 nitrogen and oxygen atoms in total. The number of carbonyl (C=O) groups excluding carboxylic acids is 1. The van der Waals surface area contributed by atoms with Gasteiger partial charge in [-0.05, 0) is 25.3 Å². The van der Waals surface area contributed by atoms with Crippen molar-refractivity contribution in [2.75, 3.05) is 6.61 Å². The molecule has 0 rings (SSSR count). The highest BCUT2D eigenvalue weighted by Crippen LogP contribution is 2.35. The summed E-state index contributed by atoms with van der Waals surface area (Å²) in [5.41, 5.74) is -0.572. The van der Waals surface area contributed by atoms with Crippen LogP contribution < -0.4 is 0 Å². The molecule has 0 spiro atoms. The molecule has 0 amide bonds. The van der Waals surface area contributed by atoms with Crippen LogP contribution in [0.4, 0.5) is 26.3 Å². The topological polar surface area (TPSA) is 101 Å². The first-order valence-electron chi connectivity index (χ1n) is 8.40. The van der Waals surface area contributed by atoms with Crippen LogP contribution in [-0.2, 0) is 19.1 Å². The van der Waals surface area contributed by atoms with Crippen molar-refractivity contribution < 1.29 is 55.7 Å². The summed E-state index contributed by atoms with van der Waals surface area (Å²) in [6.07, 6.45) is -7.39. The Hall–Kier alpha value is -2.79. The normalized spacial score (nSPS) is 14.2. The number of allylic oxidation sites excluding steroid dienone is 1. The van der Waals surface area contributed by atoms with Gasteiger partial charge < -0.3 is 14.9 Å². The van der Waals surface area contributed by atoms with E-state index < -0.39 is 42.8 Å². The van der Waals surface area contributed by atoms with Crippen molar-refractivity contribution in [1.82, 2.24) is 0 Å². The molecule has 0 aromatic heterocycles. The van der Waals surface area contributed by atoms with Gasteiger partial charge in [0.05, 0.1) is 5.57 Å². The first-order valence-corrected chi connectivity index (χ1v) is 8.40. The average Bonchev–Trinajstić information content (AvgIpc) is 2.56. The number of carbonyl (C=O) groups is 3. The second kappa shape index (κ2) is 11.6. The summed E-state index contributed by atoms with van der Waals surface area (Å²) in [5, 5.41) is 17.5. The fourth-order valence-electron chi connectivity index (χ4n) is 1.52. The second-order valence-corrected chi connectivity index (χ2v) is 7.43. The second-order valence-electron chi connectivity index (χ2n) is 7.43. The van der Waals surface area contributed by atoms with Gasteiger partial charge in [0.2, 0.25) is 0 Å². The molecule has 0 saturated carbocycles. The lowest BCUT2D eigenvalue weighted by molar-refractivity contribution is -0.253. The number of carboxylic acid groups (broad SMARTS) is 2. The molecule has 1 unspecified atom stereocenters. The van der Waals surface area contributed by atoms with Gasteiger partial charge in [-0.1, -0.05) is 33.4 Å². The van der Waals surface area contributed by atoms with Crippen LogP contribution in [0.3, 0.4) is 0 Å². The number of hydrogen-bond acceptors (Lipinski definition) is 4. The summed E-state index contributed by atoms with van der Waals surface area (Å²) in [6, 6.07) is 0. The minimum atomic E-state index is -5.71. The van der Waals surface area contributed by atoms with Gasteiger partial charge in [-0.2, -0.15) is 22.0 Å². The zero-order valence-corrected chi connectivity index (χ0v) is 17.4. The largest absolute Gasteiger partial charge is 0.478 e. The third kappa shape index (κ3) is 13.2. The highest BCUT2D eigenvalue weighted by Gasteiger charge is 2.57. The molecule has 0 fully saturated rings. The van der Waals surface area contributed by atoms with Crippen molar-refractivity contribution in [1.29, 1.82) is 0 Å². The predicted octanol–water partition coefficient (Wildman–Crippen LogP) is 4.72. The molecule has 12 heteroatoms. The number of alkyl halides is 6. The van der Waals surface area contributed by atoms with Gasteiger partial charge in [-0.15, -0.1) is 0 Å². The SMILES string of the molecule is C=C(C)C(=O)OCC(F)(F)C(F)C(F)(F)F.CC(=CC(=CC(C)(C)C)C(=O)O)C(=O)O. The fraction of sp³-hybridized carbons (Fsp3) is 0.526. The summed E-state index contributed by atoms with van der Waals surface area (Å²) in [4.78, 5) is 32.0. The molecule has 0 aliphatic rings. The Morgan fingerprint density at radius 3 is 1.74 bits per heavy atom. The number of esters is 1. The zero-order valence-electron chi connectivity index (χ0n) is 17.4. The van der Waals surface area contributed by atoms with Crippen LogP contribution in [0, 0.1) is 5.41 Å². The predicted molar refractivity (Wildman–Crippen MR) is 98.2 cm³/mol. The van der Waals surface area contributed by atoms with E-state index in [9.17, 15) is 40.7 Å². The molecule has 1 atom stereocenters. The van der Waals surface area contributed by atoms with Crippen molar-refractivity contribution in [2.45, 2.75) is 52.9 Å². The van der Waals surface area contributed by atoms with Gasteiger partial charge in [-0.3, -0.25) is 0 Å². The summed E-state index contributed by atoms with van der Waals surface area (Å²) >= 11 is 0. The van der Waals surface area contributed by atoms with Crippen LogP contribution in [0.5, 0.6) is 0 Å². The minimum Gasteiger partial charge on any atom is -0.478 e. The third-order valence-electron chi connectivity index (χ3n) is 2.95. The van der Waals surface area contributed by atoms with E-state index in [0.717, 1.165) is 13.0 Å². The zero-order chi connectivity index (χ0) is 25.4. The van der Waals surface area contributed by atoms with Gasteiger partial charge in [0, 0.05) is 11.1 Å². The molecule has 0 heterocycles. The summed E-state index contributed by atoms with van der Waals surface area (Å²) in [7, 11) is 0. The van der Waals surface area contributed by atoms with E-state index >= 15 is 0 Å². The van der Waals surface area contributed by atoms with Gasteiger partial charge in [0.15, 0.2) is 6.61 Å². The quantitative estimate of drug-likeness (QED) is 0.246. The van der Waals surface area contributed by atoms with E-state index in [4.69, 9.17) is 10.2 Å². The van der Waals surface area contributed by atoms with E-state index in [2.05, 4.69) is 11.3 Å². The van der Waals surface area contributed by atoms with Gasteiger partial charge in [0.1, 0.15) is 0 Å². The van der Waals surface area contributed by atoms with E-state index in [1.165, 1.54) is 13.0 Å². The molecule has 0 aromatic carbocycles. The number of aliphatic carboxylic acids is 2. The molecule has 31 heavy (non-hydrogen) atoms. The van der Waals surface area contributed by atoms with Crippen LogP contribution in [0.1, 0.15) is 34.6 Å². The van der Waals surface area contributed by atoms with E-state index in [1.807, 2.05) is 20.8 Å². The maximum absolute atomic E-state index is 12.5. The Balaban J connectivity index is 0. The fourth-order valence-corrected chi connectivity index (χ4v) is 1.52. The molecule has 0 radical (unpaired) electrons. The molecule has 0 saturated heterocycles. The Labute approximate surface area is 174 Å². The molecule has 0 aromatic rings. The molecule has 0 aliphatic carbocycles. The molecular weight excluding hydrogens is 438 g/mol. The lowest BCUT2D eigenvalue weighted by Gasteiger charge is -2.22. The number of halogens is 6. The van der Waals surface area contributed by atoms with Crippen molar-refractivity contribution in [3.8, 4) is 0 Å². The van der Waals surface area contributed by atoms with Crippen molar-refractivity contribution >= 4 is 17.9 Å². The molecular formula is C19H24F6O6. The highest BCUT2D eigenvalue weighted by atomic mass is 19.4. The highest BCUT2D eigenvalue weighted by molar-refractivity contribution is 5.94. The lowest BCUT2D eigenvalue weighted by Crippen LogP contribution is -2.45. The van der Waals surface area contributed by atoms with Crippen molar-refractivity contribution in [3.63, 3.8) is 0 Å². The third-order valence-corrected chi connectivity index (χ3v) is 2.95. The Morgan fingerprint density at radius 1 is 1.00 bits per heavy atom. The Kier molecular flexibility index (Phi) is 11.3. The number of carboxylic acids is 2. The van der Waals surface area contributed by atoms with Crippen molar-refractivity contribution in [2.24, 2.45) is 5.41 Å². The smallest absolute Gasteiger partial charge is 0.425 e.